The molecule has 2 heterocycles. The molecule has 0 N–H and O–H groups in total. The predicted molar refractivity (Wildman–Crippen MR) is 46.4 cm³/mol. The zero-order chi connectivity index (χ0) is 9.92. The quantitative estimate of drug-likeness (QED) is 0.541. The molecule has 3 aliphatic rings. The fraction of sp³-hybridized carbons (Fsp3) is 0.900. The second-order valence-corrected chi connectivity index (χ2v) is 4.79. The lowest BCUT2D eigenvalue weighted by Gasteiger charge is -2.26. The molecule has 0 aromatic rings. The van der Waals surface area contributed by atoms with Gasteiger partial charge in [-0.1, -0.05) is 0 Å². The van der Waals surface area contributed by atoms with E-state index in [1.54, 1.807) is 0 Å². The van der Waals surface area contributed by atoms with Gasteiger partial charge in [-0.2, -0.15) is 0 Å². The maximum atomic E-state index is 11.2. The molecule has 0 aromatic heterocycles. The first-order valence-corrected chi connectivity index (χ1v) is 5.10. The normalized spacial score (nSPS) is 48.9. The third-order valence-corrected chi connectivity index (χ3v) is 3.24. The highest BCUT2D eigenvalue weighted by Crippen LogP contribution is 2.46. The molecule has 2 aliphatic heterocycles. The van der Waals surface area contributed by atoms with Crippen molar-refractivity contribution in [2.24, 2.45) is 5.92 Å². The smallest absolute Gasteiger partial charge is 0.306 e. The van der Waals surface area contributed by atoms with E-state index >= 15 is 0 Å². The summed E-state index contributed by atoms with van der Waals surface area (Å²) in [4.78, 5) is 11.2. The number of ether oxygens (including phenoxy) is 3. The summed E-state index contributed by atoms with van der Waals surface area (Å²) in [5, 5.41) is 0. The lowest BCUT2D eigenvalue weighted by molar-refractivity contribution is -0.187. The topological polar surface area (TPSA) is 44.8 Å². The third-order valence-electron chi connectivity index (χ3n) is 3.24. The third kappa shape index (κ3) is 1.10. The van der Waals surface area contributed by atoms with E-state index in [0.717, 1.165) is 6.42 Å². The molecule has 0 radical (unpaired) electrons. The van der Waals surface area contributed by atoms with Crippen molar-refractivity contribution in [1.29, 1.82) is 0 Å². The molecule has 1 saturated carbocycles. The summed E-state index contributed by atoms with van der Waals surface area (Å²) in [5.41, 5.74) is 0. The Kier molecular flexibility index (Phi) is 1.55. The molecule has 0 amide bonds. The van der Waals surface area contributed by atoms with Crippen LogP contribution in [0.1, 0.15) is 26.7 Å². The molecule has 14 heavy (non-hydrogen) atoms. The van der Waals surface area contributed by atoms with Crippen LogP contribution >= 0.6 is 0 Å². The van der Waals surface area contributed by atoms with Crippen LogP contribution in [0.5, 0.6) is 0 Å². The summed E-state index contributed by atoms with van der Waals surface area (Å²) < 4.78 is 16.8. The van der Waals surface area contributed by atoms with Crippen LogP contribution in [0.15, 0.2) is 0 Å². The van der Waals surface area contributed by atoms with E-state index in [2.05, 4.69) is 0 Å². The number of hydrogen-bond acceptors (Lipinski definition) is 4. The van der Waals surface area contributed by atoms with Crippen molar-refractivity contribution >= 4 is 5.97 Å². The van der Waals surface area contributed by atoms with E-state index in [0.29, 0.717) is 12.3 Å². The SMILES string of the molecule is CC1(C)O[C@@H]2[C@H]3CC(=O)O[C@H](C3)[C@H]2O1. The molecule has 2 saturated heterocycles. The standard InChI is InChI=1S/C10H14O4/c1-10(2)13-8-5-3-6(9(8)14-10)12-7(11)4-5/h5-6,8-9H,3-4H2,1-2H3/t5-,6-,8-,9-/m1/s1. The Morgan fingerprint density at radius 3 is 2.79 bits per heavy atom. The molecule has 4 atom stereocenters. The Hall–Kier alpha value is -0.610. The zero-order valence-electron chi connectivity index (χ0n) is 8.36. The Bertz CT molecular complexity index is 262. The van der Waals surface area contributed by atoms with Gasteiger partial charge in [0.15, 0.2) is 5.79 Å². The van der Waals surface area contributed by atoms with E-state index in [1.807, 2.05) is 13.8 Å². The molecular weight excluding hydrogens is 184 g/mol. The zero-order valence-corrected chi connectivity index (χ0v) is 8.36. The molecule has 0 aromatic carbocycles. The molecule has 2 bridgehead atoms. The van der Waals surface area contributed by atoms with Gasteiger partial charge in [0.1, 0.15) is 12.2 Å². The largest absolute Gasteiger partial charge is 0.459 e. The van der Waals surface area contributed by atoms with E-state index in [9.17, 15) is 4.79 Å². The molecule has 4 nitrogen and oxygen atoms in total. The summed E-state index contributed by atoms with van der Waals surface area (Å²) in [6.07, 6.45) is 1.32. The fourth-order valence-electron chi connectivity index (χ4n) is 2.78. The van der Waals surface area contributed by atoms with Crippen LogP contribution in [0.25, 0.3) is 0 Å². The highest BCUT2D eigenvalue weighted by Gasteiger charge is 2.57. The van der Waals surface area contributed by atoms with Crippen LogP contribution in [0, 0.1) is 5.92 Å². The number of fused-ring (bicyclic) bond motifs is 5. The van der Waals surface area contributed by atoms with Gasteiger partial charge in [0.2, 0.25) is 0 Å². The second-order valence-electron chi connectivity index (χ2n) is 4.79. The van der Waals surface area contributed by atoms with Crippen molar-refractivity contribution in [3.8, 4) is 0 Å². The maximum absolute atomic E-state index is 11.2. The minimum absolute atomic E-state index is 0.0403. The first-order valence-electron chi connectivity index (χ1n) is 5.10. The van der Waals surface area contributed by atoms with E-state index < -0.39 is 5.79 Å². The molecule has 3 rings (SSSR count). The van der Waals surface area contributed by atoms with Crippen LogP contribution in [0.3, 0.4) is 0 Å². The minimum atomic E-state index is -0.518. The van der Waals surface area contributed by atoms with Gasteiger partial charge in [-0.25, -0.2) is 0 Å². The van der Waals surface area contributed by atoms with Crippen molar-refractivity contribution in [3.63, 3.8) is 0 Å². The first kappa shape index (κ1) is 8.68. The van der Waals surface area contributed by atoms with Crippen LogP contribution in [0.4, 0.5) is 0 Å². The molecule has 0 unspecified atom stereocenters. The predicted octanol–water partition coefficient (Wildman–Crippen LogP) is 0.842. The molecule has 0 spiro atoms. The number of esters is 1. The Morgan fingerprint density at radius 1 is 1.29 bits per heavy atom. The van der Waals surface area contributed by atoms with Crippen LogP contribution in [-0.4, -0.2) is 30.1 Å². The number of carbonyl (C=O) groups excluding carboxylic acids is 1. The van der Waals surface area contributed by atoms with Crippen LogP contribution in [-0.2, 0) is 19.0 Å². The van der Waals surface area contributed by atoms with Gasteiger partial charge in [-0.3, -0.25) is 4.79 Å². The first-order chi connectivity index (χ1) is 6.55. The summed E-state index contributed by atoms with van der Waals surface area (Å²) >= 11 is 0. The molecule has 4 heteroatoms. The van der Waals surface area contributed by atoms with Crippen LogP contribution in [0.2, 0.25) is 0 Å². The van der Waals surface area contributed by atoms with Crippen molar-refractivity contribution in [2.45, 2.75) is 50.8 Å². The van der Waals surface area contributed by atoms with Gasteiger partial charge < -0.3 is 14.2 Å². The molecule has 78 valence electrons. The summed E-state index contributed by atoms with van der Waals surface area (Å²) in [6, 6.07) is 0. The second kappa shape index (κ2) is 2.49. The van der Waals surface area contributed by atoms with Crippen molar-refractivity contribution in [2.75, 3.05) is 0 Å². The highest BCUT2D eigenvalue weighted by atomic mass is 16.8. The van der Waals surface area contributed by atoms with Crippen LogP contribution < -0.4 is 0 Å². The Balaban J connectivity index is 1.87. The molecule has 1 aliphatic carbocycles. The van der Waals surface area contributed by atoms with Gasteiger partial charge in [0.05, 0.1) is 12.5 Å². The summed E-state index contributed by atoms with van der Waals surface area (Å²) in [6.45, 7) is 3.81. The van der Waals surface area contributed by atoms with Crippen molar-refractivity contribution in [3.05, 3.63) is 0 Å². The highest BCUT2D eigenvalue weighted by molar-refractivity contribution is 5.71. The minimum Gasteiger partial charge on any atom is -0.459 e. The summed E-state index contributed by atoms with van der Waals surface area (Å²) in [5.74, 6) is -0.325. The van der Waals surface area contributed by atoms with Gasteiger partial charge >= 0.3 is 5.97 Å². The number of carbonyl (C=O) groups is 1. The summed E-state index contributed by atoms with van der Waals surface area (Å²) in [7, 11) is 0. The van der Waals surface area contributed by atoms with Gasteiger partial charge in [0, 0.05) is 5.92 Å². The average Bonchev–Trinajstić information content (AvgIpc) is 2.49. The fourth-order valence-corrected chi connectivity index (χ4v) is 2.78. The lowest BCUT2D eigenvalue weighted by Crippen LogP contribution is -2.33. The van der Waals surface area contributed by atoms with Gasteiger partial charge in [-0.15, -0.1) is 0 Å². The van der Waals surface area contributed by atoms with Crippen molar-refractivity contribution in [1.82, 2.24) is 0 Å². The number of rotatable bonds is 0. The Labute approximate surface area is 82.5 Å². The van der Waals surface area contributed by atoms with E-state index in [-0.39, 0.29) is 24.3 Å². The Morgan fingerprint density at radius 2 is 2.00 bits per heavy atom. The van der Waals surface area contributed by atoms with Gasteiger partial charge in [0.25, 0.3) is 0 Å². The number of hydrogen-bond donors (Lipinski definition) is 0. The maximum Gasteiger partial charge on any atom is 0.306 e. The molecule has 3 fully saturated rings. The van der Waals surface area contributed by atoms with Gasteiger partial charge in [-0.05, 0) is 20.3 Å². The van der Waals surface area contributed by atoms with E-state index in [4.69, 9.17) is 14.2 Å². The molecular formula is C10H14O4. The van der Waals surface area contributed by atoms with E-state index in [1.165, 1.54) is 0 Å². The monoisotopic (exact) mass is 198 g/mol. The average molecular weight is 198 g/mol. The van der Waals surface area contributed by atoms with Crippen molar-refractivity contribution < 1.29 is 19.0 Å². The lowest BCUT2D eigenvalue weighted by atomic mass is 10.0.